The number of halogens is 1. The molecule has 94 valence electrons. The fourth-order valence-corrected chi connectivity index (χ4v) is 1.79. The van der Waals surface area contributed by atoms with Crippen LogP contribution in [0.15, 0.2) is 27.4 Å². The average Bonchev–Trinajstić information content (AvgIpc) is 2.31. The Labute approximate surface area is 107 Å². The first-order valence-corrected chi connectivity index (χ1v) is 5.54. The zero-order valence-corrected chi connectivity index (χ0v) is 10.2. The normalized spacial score (nSPS) is 10.6. The molecular weight excluding hydrogens is 260 g/mol. The SMILES string of the molecule is CCOC(=O)c1c(Cl)c(=O)oc2cc(O)ccc12. The summed E-state index contributed by atoms with van der Waals surface area (Å²) in [5.74, 6) is -0.783. The summed E-state index contributed by atoms with van der Waals surface area (Å²) in [4.78, 5) is 23.3. The smallest absolute Gasteiger partial charge is 0.356 e. The lowest BCUT2D eigenvalue weighted by Gasteiger charge is -2.06. The van der Waals surface area contributed by atoms with Crippen molar-refractivity contribution in [1.82, 2.24) is 0 Å². The Morgan fingerprint density at radius 3 is 2.89 bits per heavy atom. The van der Waals surface area contributed by atoms with Gasteiger partial charge in [0, 0.05) is 11.5 Å². The molecule has 1 N–H and O–H groups in total. The highest BCUT2D eigenvalue weighted by Crippen LogP contribution is 2.26. The molecule has 5 nitrogen and oxygen atoms in total. The van der Waals surface area contributed by atoms with E-state index in [-0.39, 0.29) is 28.5 Å². The molecule has 0 spiro atoms. The fourth-order valence-electron chi connectivity index (χ4n) is 1.57. The minimum atomic E-state index is -0.849. The maximum absolute atomic E-state index is 11.8. The van der Waals surface area contributed by atoms with E-state index in [9.17, 15) is 14.7 Å². The number of rotatable bonds is 2. The van der Waals surface area contributed by atoms with Gasteiger partial charge in [0.05, 0.1) is 12.2 Å². The van der Waals surface area contributed by atoms with Crippen LogP contribution in [0, 0.1) is 0 Å². The molecule has 0 aliphatic heterocycles. The van der Waals surface area contributed by atoms with Gasteiger partial charge in [0.2, 0.25) is 0 Å². The number of phenols is 1. The molecule has 18 heavy (non-hydrogen) atoms. The van der Waals surface area contributed by atoms with E-state index in [1.165, 1.54) is 18.2 Å². The molecule has 0 saturated heterocycles. The van der Waals surface area contributed by atoms with Crippen LogP contribution in [-0.4, -0.2) is 17.7 Å². The summed E-state index contributed by atoms with van der Waals surface area (Å²) >= 11 is 5.77. The second kappa shape index (κ2) is 4.70. The number of hydrogen-bond acceptors (Lipinski definition) is 5. The number of hydrogen-bond donors (Lipinski definition) is 1. The van der Waals surface area contributed by atoms with E-state index in [1.807, 2.05) is 0 Å². The molecule has 2 aromatic rings. The third-order valence-electron chi connectivity index (χ3n) is 2.32. The first-order valence-electron chi connectivity index (χ1n) is 5.17. The van der Waals surface area contributed by atoms with Crippen molar-refractivity contribution in [3.8, 4) is 5.75 Å². The summed E-state index contributed by atoms with van der Waals surface area (Å²) in [5, 5.41) is 9.30. The lowest BCUT2D eigenvalue weighted by Crippen LogP contribution is -2.12. The van der Waals surface area contributed by atoms with Crippen molar-refractivity contribution < 1.29 is 19.1 Å². The average molecular weight is 269 g/mol. The summed E-state index contributed by atoms with van der Waals surface area (Å²) < 4.78 is 9.72. The van der Waals surface area contributed by atoms with Gasteiger partial charge in [-0.1, -0.05) is 11.6 Å². The van der Waals surface area contributed by atoms with Crippen molar-refractivity contribution in [3.63, 3.8) is 0 Å². The van der Waals surface area contributed by atoms with Gasteiger partial charge in [-0.3, -0.25) is 0 Å². The molecule has 0 fully saturated rings. The fraction of sp³-hybridized carbons (Fsp3) is 0.167. The van der Waals surface area contributed by atoms with Crippen molar-refractivity contribution >= 4 is 28.5 Å². The van der Waals surface area contributed by atoms with Crippen molar-refractivity contribution in [2.75, 3.05) is 6.61 Å². The van der Waals surface area contributed by atoms with Gasteiger partial charge >= 0.3 is 11.6 Å². The van der Waals surface area contributed by atoms with Gasteiger partial charge < -0.3 is 14.3 Å². The van der Waals surface area contributed by atoms with Gasteiger partial charge in [0.25, 0.3) is 0 Å². The number of fused-ring (bicyclic) bond motifs is 1. The maximum Gasteiger partial charge on any atom is 0.356 e. The van der Waals surface area contributed by atoms with E-state index in [0.717, 1.165) is 0 Å². The minimum Gasteiger partial charge on any atom is -0.508 e. The first kappa shape index (κ1) is 12.4. The largest absolute Gasteiger partial charge is 0.508 e. The van der Waals surface area contributed by atoms with Gasteiger partial charge in [-0.15, -0.1) is 0 Å². The van der Waals surface area contributed by atoms with Crippen molar-refractivity contribution in [1.29, 1.82) is 0 Å². The van der Waals surface area contributed by atoms with E-state index in [1.54, 1.807) is 6.92 Å². The van der Waals surface area contributed by atoms with Crippen LogP contribution in [0.3, 0.4) is 0 Å². The highest BCUT2D eigenvalue weighted by molar-refractivity contribution is 6.34. The van der Waals surface area contributed by atoms with Crippen LogP contribution >= 0.6 is 11.6 Å². The van der Waals surface area contributed by atoms with Gasteiger partial charge in [-0.2, -0.15) is 0 Å². The van der Waals surface area contributed by atoms with E-state index >= 15 is 0 Å². The quantitative estimate of drug-likeness (QED) is 0.668. The summed E-state index contributed by atoms with van der Waals surface area (Å²) in [5.41, 5.74) is -0.824. The Morgan fingerprint density at radius 2 is 2.22 bits per heavy atom. The zero-order valence-electron chi connectivity index (χ0n) is 9.40. The molecule has 1 aromatic carbocycles. The predicted molar refractivity (Wildman–Crippen MR) is 65.1 cm³/mol. The molecule has 1 aromatic heterocycles. The summed E-state index contributed by atoms with van der Waals surface area (Å²) in [6.45, 7) is 1.81. The summed E-state index contributed by atoms with van der Waals surface area (Å²) in [6, 6.07) is 4.03. The van der Waals surface area contributed by atoms with Crippen LogP contribution in [0.5, 0.6) is 5.75 Å². The Balaban J connectivity index is 2.80. The third-order valence-corrected chi connectivity index (χ3v) is 2.66. The third kappa shape index (κ3) is 2.04. The Morgan fingerprint density at radius 1 is 1.50 bits per heavy atom. The molecule has 0 aliphatic carbocycles. The molecule has 6 heteroatoms. The zero-order chi connectivity index (χ0) is 13.3. The van der Waals surface area contributed by atoms with Crippen molar-refractivity contribution in [2.45, 2.75) is 6.92 Å². The molecule has 2 rings (SSSR count). The molecular formula is C12H9ClO5. The lowest BCUT2D eigenvalue weighted by molar-refractivity contribution is 0.0528. The predicted octanol–water partition coefficient (Wildman–Crippen LogP) is 2.33. The number of carbonyl (C=O) groups excluding carboxylic acids is 1. The van der Waals surface area contributed by atoms with Crippen LogP contribution in [-0.2, 0) is 4.74 Å². The molecule has 1 heterocycles. The van der Waals surface area contributed by atoms with E-state index in [0.29, 0.717) is 5.39 Å². The molecule has 0 atom stereocenters. The van der Waals surface area contributed by atoms with Gasteiger partial charge in [0.15, 0.2) is 0 Å². The van der Waals surface area contributed by atoms with E-state index < -0.39 is 11.6 Å². The van der Waals surface area contributed by atoms with Crippen molar-refractivity contribution in [2.24, 2.45) is 0 Å². The molecule has 0 radical (unpaired) electrons. The Bertz CT molecular complexity index is 674. The maximum atomic E-state index is 11.8. The first-order chi connectivity index (χ1) is 8.54. The monoisotopic (exact) mass is 268 g/mol. The van der Waals surface area contributed by atoms with Gasteiger partial charge in [-0.25, -0.2) is 9.59 Å². The number of benzene rings is 1. The highest BCUT2D eigenvalue weighted by Gasteiger charge is 2.20. The number of phenolic OH excluding ortho intramolecular Hbond substituents is 1. The van der Waals surface area contributed by atoms with Gasteiger partial charge in [-0.05, 0) is 19.1 Å². The highest BCUT2D eigenvalue weighted by atomic mass is 35.5. The van der Waals surface area contributed by atoms with Crippen LogP contribution in [0.4, 0.5) is 0 Å². The van der Waals surface area contributed by atoms with Crippen LogP contribution in [0.1, 0.15) is 17.3 Å². The van der Waals surface area contributed by atoms with Crippen LogP contribution in [0.25, 0.3) is 11.0 Å². The Kier molecular flexibility index (Phi) is 3.25. The van der Waals surface area contributed by atoms with Gasteiger partial charge in [0.1, 0.15) is 16.4 Å². The Hall–Kier alpha value is -2.01. The van der Waals surface area contributed by atoms with E-state index in [4.69, 9.17) is 20.8 Å². The summed E-state index contributed by atoms with van der Waals surface area (Å²) in [7, 11) is 0. The number of carbonyl (C=O) groups is 1. The molecule has 0 aliphatic rings. The number of aromatic hydroxyl groups is 1. The number of esters is 1. The summed E-state index contributed by atoms with van der Waals surface area (Å²) in [6.07, 6.45) is 0. The second-order valence-corrected chi connectivity index (χ2v) is 3.86. The molecule has 0 amide bonds. The standard InChI is InChI=1S/C12H9ClO5/c1-2-17-11(15)9-7-4-3-6(14)5-8(7)18-12(16)10(9)13/h3-5,14H,2H2,1H3. The lowest BCUT2D eigenvalue weighted by atomic mass is 10.1. The van der Waals surface area contributed by atoms with Crippen LogP contribution < -0.4 is 5.63 Å². The second-order valence-electron chi connectivity index (χ2n) is 3.48. The van der Waals surface area contributed by atoms with E-state index in [2.05, 4.69) is 0 Å². The number of ether oxygens (including phenoxy) is 1. The molecule has 0 saturated carbocycles. The molecule has 0 bridgehead atoms. The van der Waals surface area contributed by atoms with Crippen LogP contribution in [0.2, 0.25) is 5.02 Å². The minimum absolute atomic E-state index is 0.0511. The molecule has 0 unspecified atom stereocenters. The topological polar surface area (TPSA) is 76.7 Å². The van der Waals surface area contributed by atoms with Crippen molar-refractivity contribution in [3.05, 3.63) is 39.2 Å².